The Morgan fingerprint density at radius 1 is 1.28 bits per heavy atom. The Hall–Kier alpha value is -1.63. The van der Waals surface area contributed by atoms with Crippen LogP contribution in [-0.2, 0) is 10.0 Å². The predicted molar refractivity (Wildman–Crippen MR) is 65.0 cm³/mol. The summed E-state index contributed by atoms with van der Waals surface area (Å²) in [7, 11) is -3.94. The Balaban J connectivity index is 2.64. The Morgan fingerprint density at radius 3 is 2.44 bits per heavy atom. The van der Waals surface area contributed by atoms with Gasteiger partial charge in [0.15, 0.2) is 0 Å². The molecular weight excluding hydrogens is 258 g/mol. The Kier molecular flexibility index (Phi) is 5.08. The van der Waals surface area contributed by atoms with Crippen LogP contribution in [0.1, 0.15) is 19.8 Å². The first-order valence-corrected chi connectivity index (χ1v) is 7.00. The highest BCUT2D eigenvalue weighted by Crippen LogP contribution is 2.09. The van der Waals surface area contributed by atoms with Gasteiger partial charge < -0.3 is 5.32 Å². The molecule has 0 aliphatic heterocycles. The summed E-state index contributed by atoms with van der Waals surface area (Å²) < 4.78 is 37.9. The van der Waals surface area contributed by atoms with Crippen molar-refractivity contribution in [3.8, 4) is 0 Å². The summed E-state index contributed by atoms with van der Waals surface area (Å²) in [5, 5.41) is 2.42. The van der Waals surface area contributed by atoms with Gasteiger partial charge in [0.05, 0.1) is 4.90 Å². The van der Waals surface area contributed by atoms with Gasteiger partial charge in [0.2, 0.25) is 0 Å². The number of urea groups is 1. The molecule has 0 unspecified atom stereocenters. The van der Waals surface area contributed by atoms with Crippen molar-refractivity contribution in [3.63, 3.8) is 0 Å². The summed E-state index contributed by atoms with van der Waals surface area (Å²) in [6, 6.07) is 3.44. The van der Waals surface area contributed by atoms with Gasteiger partial charge in [-0.15, -0.1) is 0 Å². The van der Waals surface area contributed by atoms with Crippen LogP contribution in [0, 0.1) is 5.82 Å². The van der Waals surface area contributed by atoms with Crippen molar-refractivity contribution in [2.24, 2.45) is 0 Å². The highest BCUT2D eigenvalue weighted by atomic mass is 32.2. The van der Waals surface area contributed by atoms with E-state index in [-0.39, 0.29) is 4.90 Å². The lowest BCUT2D eigenvalue weighted by molar-refractivity contribution is 0.245. The molecule has 0 bridgehead atoms. The average molecular weight is 273 g/mol. The number of hydrogen-bond donors (Lipinski definition) is 2. The molecule has 2 amide bonds. The zero-order chi connectivity index (χ0) is 13.6. The largest absolute Gasteiger partial charge is 0.337 e. The summed E-state index contributed by atoms with van der Waals surface area (Å²) in [5.74, 6) is -0.540. The Morgan fingerprint density at radius 2 is 1.89 bits per heavy atom. The molecule has 1 aromatic rings. The molecule has 0 radical (unpaired) electrons. The van der Waals surface area contributed by atoms with Crippen molar-refractivity contribution in [2.75, 3.05) is 6.54 Å². The fourth-order valence-electron chi connectivity index (χ4n) is 1.21. The lowest BCUT2D eigenvalue weighted by Gasteiger charge is -2.08. The van der Waals surface area contributed by atoms with Gasteiger partial charge in [0.1, 0.15) is 5.82 Å². The van der Waals surface area contributed by atoms with Crippen molar-refractivity contribution in [2.45, 2.75) is 24.7 Å². The van der Waals surface area contributed by atoms with Crippen LogP contribution in [0.15, 0.2) is 29.2 Å². The number of benzene rings is 1. The molecule has 7 heteroatoms. The molecular formula is C11H15FN2O3S. The number of hydrogen-bond acceptors (Lipinski definition) is 3. The van der Waals surface area contributed by atoms with Gasteiger partial charge in [-0.1, -0.05) is 13.3 Å². The Bertz CT molecular complexity index is 500. The molecule has 0 saturated carbocycles. The summed E-state index contributed by atoms with van der Waals surface area (Å²) >= 11 is 0. The zero-order valence-corrected chi connectivity index (χ0v) is 10.8. The summed E-state index contributed by atoms with van der Waals surface area (Å²) in [6.45, 7) is 2.36. The maximum Gasteiger partial charge on any atom is 0.328 e. The van der Waals surface area contributed by atoms with Crippen LogP contribution in [0.25, 0.3) is 0 Å². The molecule has 0 atom stereocenters. The van der Waals surface area contributed by atoms with E-state index >= 15 is 0 Å². The third-order valence-corrected chi connectivity index (χ3v) is 3.51. The predicted octanol–water partition coefficient (Wildman–Crippen LogP) is 1.61. The average Bonchev–Trinajstić information content (AvgIpc) is 2.29. The quantitative estimate of drug-likeness (QED) is 0.800. The molecule has 100 valence electrons. The fraction of sp³-hybridized carbons (Fsp3) is 0.364. The van der Waals surface area contributed by atoms with Gasteiger partial charge in [-0.3, -0.25) is 0 Å². The molecule has 5 nitrogen and oxygen atoms in total. The second kappa shape index (κ2) is 6.34. The van der Waals surface area contributed by atoms with Crippen LogP contribution >= 0.6 is 0 Å². The number of nitrogens with one attached hydrogen (secondary N) is 2. The molecule has 0 fully saturated rings. The van der Waals surface area contributed by atoms with Crippen molar-refractivity contribution in [1.82, 2.24) is 10.0 Å². The number of carbonyl (C=O) groups excluding carboxylic acids is 1. The molecule has 18 heavy (non-hydrogen) atoms. The van der Waals surface area contributed by atoms with E-state index in [2.05, 4.69) is 5.32 Å². The van der Waals surface area contributed by atoms with Crippen LogP contribution in [-0.4, -0.2) is 21.0 Å². The molecule has 0 spiro atoms. The Labute approximate surface area is 105 Å². The lowest BCUT2D eigenvalue weighted by Crippen LogP contribution is -2.39. The second-order valence-corrected chi connectivity index (χ2v) is 5.35. The number of halogens is 1. The first-order chi connectivity index (χ1) is 8.45. The van der Waals surface area contributed by atoms with E-state index in [1.165, 1.54) is 0 Å². The third-order valence-electron chi connectivity index (χ3n) is 2.17. The minimum absolute atomic E-state index is 0.158. The van der Waals surface area contributed by atoms with Gasteiger partial charge in [0.25, 0.3) is 10.0 Å². The van der Waals surface area contributed by atoms with Crippen LogP contribution in [0.5, 0.6) is 0 Å². The van der Waals surface area contributed by atoms with Crippen LogP contribution in [0.2, 0.25) is 0 Å². The molecule has 1 rings (SSSR count). The van der Waals surface area contributed by atoms with E-state index in [1.807, 2.05) is 11.6 Å². The molecule has 1 aromatic carbocycles. The molecule has 0 heterocycles. The second-order valence-electron chi connectivity index (χ2n) is 3.67. The van der Waals surface area contributed by atoms with Crippen molar-refractivity contribution < 1.29 is 17.6 Å². The summed E-state index contributed by atoms with van der Waals surface area (Å²) in [6.07, 6.45) is 1.66. The van der Waals surface area contributed by atoms with Crippen LogP contribution in [0.4, 0.5) is 9.18 Å². The van der Waals surface area contributed by atoms with Gasteiger partial charge in [-0.2, -0.15) is 0 Å². The standard InChI is InChI=1S/C11H15FN2O3S/c1-2-3-8-13-11(15)14-18(16,17)10-6-4-9(12)5-7-10/h4-7H,2-3,8H2,1H3,(H2,13,14,15)/i12-1. The number of carbonyl (C=O) groups is 1. The van der Waals surface area contributed by atoms with Crippen molar-refractivity contribution in [1.29, 1.82) is 0 Å². The monoisotopic (exact) mass is 273 g/mol. The van der Waals surface area contributed by atoms with Gasteiger partial charge >= 0.3 is 6.03 Å². The van der Waals surface area contributed by atoms with Crippen molar-refractivity contribution in [3.05, 3.63) is 30.1 Å². The van der Waals surface area contributed by atoms with E-state index in [0.717, 1.165) is 37.1 Å². The SMILES string of the molecule is CCCCNC(=O)NS(=O)(=O)c1ccc([18F])cc1. The molecule has 2 N–H and O–H groups in total. The number of sulfonamides is 1. The van der Waals surface area contributed by atoms with Crippen molar-refractivity contribution >= 4 is 16.1 Å². The minimum atomic E-state index is -3.94. The number of rotatable bonds is 5. The fourth-order valence-corrected chi connectivity index (χ4v) is 2.14. The first-order valence-electron chi connectivity index (χ1n) is 5.52. The highest BCUT2D eigenvalue weighted by Gasteiger charge is 2.16. The van der Waals surface area contributed by atoms with E-state index < -0.39 is 21.9 Å². The maximum absolute atomic E-state index is 12.6. The van der Waals surface area contributed by atoms with E-state index in [9.17, 15) is 17.6 Å². The lowest BCUT2D eigenvalue weighted by atomic mass is 10.3. The third kappa shape index (κ3) is 4.33. The zero-order valence-electron chi connectivity index (χ0n) is 9.94. The highest BCUT2D eigenvalue weighted by molar-refractivity contribution is 7.90. The van der Waals surface area contributed by atoms with Crippen LogP contribution in [0.3, 0.4) is 0 Å². The minimum Gasteiger partial charge on any atom is -0.337 e. The first kappa shape index (κ1) is 14.4. The number of unbranched alkanes of at least 4 members (excludes halogenated alkanes) is 1. The summed E-state index contributed by atoms with van der Waals surface area (Å²) in [4.78, 5) is 11.1. The topological polar surface area (TPSA) is 75.3 Å². The smallest absolute Gasteiger partial charge is 0.328 e. The van der Waals surface area contributed by atoms with Crippen LogP contribution < -0.4 is 10.0 Å². The van der Waals surface area contributed by atoms with E-state index in [4.69, 9.17) is 0 Å². The van der Waals surface area contributed by atoms with Gasteiger partial charge in [0, 0.05) is 6.54 Å². The molecule has 0 aliphatic rings. The summed E-state index contributed by atoms with van der Waals surface area (Å²) in [5.41, 5.74) is 0. The maximum atomic E-state index is 12.6. The van der Waals surface area contributed by atoms with E-state index in [0.29, 0.717) is 6.54 Å². The van der Waals surface area contributed by atoms with Gasteiger partial charge in [-0.05, 0) is 30.7 Å². The normalized spacial score (nSPS) is 11.0. The molecule has 0 aromatic heterocycles. The number of amides is 2. The molecule has 0 aliphatic carbocycles. The van der Waals surface area contributed by atoms with Gasteiger partial charge in [-0.25, -0.2) is 22.3 Å². The van der Waals surface area contributed by atoms with E-state index in [1.54, 1.807) is 0 Å². The molecule has 0 saturated heterocycles.